The average molecular weight is 603 g/mol. The lowest BCUT2D eigenvalue weighted by atomic mass is 9.53. The Labute approximate surface area is 253 Å². The molecule has 3 bridgehead atoms. The molecule has 0 aromatic heterocycles. The van der Waals surface area contributed by atoms with Gasteiger partial charge in [-0.3, -0.25) is 4.79 Å². The first-order valence-electron chi connectivity index (χ1n) is 14.9. The fraction of sp³-hybridized carbons (Fsp3) is 0.471. The summed E-state index contributed by atoms with van der Waals surface area (Å²) < 4.78 is 33.5. The number of carbonyl (C=O) groups excluding carboxylic acids is 2. The van der Waals surface area contributed by atoms with E-state index in [1.54, 1.807) is 39.0 Å². The maximum absolute atomic E-state index is 13.8. The van der Waals surface area contributed by atoms with Crippen LogP contribution in [-0.2, 0) is 34.5 Å². The number of hydrogen-bond acceptors (Lipinski definition) is 10. The molecule has 3 heterocycles. The lowest BCUT2D eigenvalue weighted by Gasteiger charge is -2.61. The van der Waals surface area contributed by atoms with Crippen LogP contribution in [0, 0.1) is 17.8 Å². The van der Waals surface area contributed by atoms with Gasteiger partial charge in [-0.25, -0.2) is 4.79 Å². The number of esters is 1. The molecular weight excluding hydrogens is 568 g/mol. The number of aliphatic hydroxyl groups excluding tert-OH is 1. The second-order valence-corrected chi connectivity index (χ2v) is 13.4. The van der Waals surface area contributed by atoms with Crippen molar-refractivity contribution in [3.8, 4) is 5.75 Å². The second kappa shape index (κ2) is 8.45. The molecule has 8 rings (SSSR count). The van der Waals surface area contributed by atoms with Crippen molar-refractivity contribution < 1.29 is 48.6 Å². The Hall–Kier alpha value is -3.38. The molecule has 3 aliphatic carbocycles. The molecule has 3 N–H and O–H groups in total. The summed E-state index contributed by atoms with van der Waals surface area (Å²) in [6.07, 6.45) is -2.56. The van der Waals surface area contributed by atoms with Crippen LogP contribution in [0.4, 0.5) is 0 Å². The molecule has 10 nitrogen and oxygen atoms in total. The van der Waals surface area contributed by atoms with Crippen LogP contribution in [-0.4, -0.2) is 73.9 Å². The monoisotopic (exact) mass is 602 g/mol. The Morgan fingerprint density at radius 3 is 2.36 bits per heavy atom. The van der Waals surface area contributed by atoms with E-state index in [9.17, 15) is 24.9 Å². The van der Waals surface area contributed by atoms with E-state index in [-0.39, 0.29) is 16.9 Å². The molecule has 10 heteroatoms. The normalized spacial score (nSPS) is 47.6. The highest BCUT2D eigenvalue weighted by molar-refractivity contribution is 6.05. The smallest absolute Gasteiger partial charge is 0.338 e. The summed E-state index contributed by atoms with van der Waals surface area (Å²) in [6, 6.07) is 14.8. The Balaban J connectivity index is 1.39. The van der Waals surface area contributed by atoms with Crippen LogP contribution in [0.25, 0.3) is 0 Å². The van der Waals surface area contributed by atoms with E-state index < -0.39 is 82.3 Å². The van der Waals surface area contributed by atoms with Gasteiger partial charge in [-0.2, -0.15) is 0 Å². The van der Waals surface area contributed by atoms with Crippen LogP contribution in [0.3, 0.4) is 0 Å². The third-order valence-corrected chi connectivity index (χ3v) is 11.2. The van der Waals surface area contributed by atoms with E-state index in [1.807, 2.05) is 25.1 Å². The molecule has 0 amide bonds. The molecule has 3 saturated heterocycles. The minimum Gasteiger partial charge on any atom is -0.508 e. The first-order chi connectivity index (χ1) is 20.8. The molecule has 5 fully saturated rings. The summed E-state index contributed by atoms with van der Waals surface area (Å²) in [5.74, 6) is -5.62. The number of carbonyl (C=O) groups is 2. The van der Waals surface area contributed by atoms with E-state index >= 15 is 0 Å². The molecule has 44 heavy (non-hydrogen) atoms. The Morgan fingerprint density at radius 1 is 1.02 bits per heavy atom. The van der Waals surface area contributed by atoms with Crippen LogP contribution >= 0.6 is 0 Å². The maximum atomic E-state index is 13.8. The van der Waals surface area contributed by atoms with E-state index in [0.717, 1.165) is 0 Å². The van der Waals surface area contributed by atoms with Crippen LogP contribution < -0.4 is 0 Å². The number of fused-ring (bicyclic) bond motifs is 3. The van der Waals surface area contributed by atoms with Gasteiger partial charge in [-0.1, -0.05) is 49.9 Å². The van der Waals surface area contributed by atoms with Gasteiger partial charge in [0.1, 0.15) is 29.7 Å². The van der Waals surface area contributed by atoms with Gasteiger partial charge in [0.2, 0.25) is 0 Å². The van der Waals surface area contributed by atoms with Gasteiger partial charge in [0.25, 0.3) is 0 Å². The predicted molar refractivity (Wildman–Crippen MR) is 152 cm³/mol. The van der Waals surface area contributed by atoms with Crippen molar-refractivity contribution in [1.29, 1.82) is 0 Å². The fourth-order valence-electron chi connectivity index (χ4n) is 9.03. The third kappa shape index (κ3) is 3.02. The first-order valence-corrected chi connectivity index (χ1v) is 14.9. The SMILES string of the molecule is C=C(C)C12OC3(c4ccccc4)OC1C1C4OC4(C)C(O)C4(O)C(=O)C(C)=CC4C1(O3)C(C)C2OC(=O)c1ccc(O)cc1. The van der Waals surface area contributed by atoms with Gasteiger partial charge in [0.05, 0.1) is 17.3 Å². The summed E-state index contributed by atoms with van der Waals surface area (Å²) >= 11 is 0. The number of phenolic OH excluding ortho intramolecular Hbond substituents is 1. The first kappa shape index (κ1) is 28.1. The number of aromatic hydroxyl groups is 1. The second-order valence-electron chi connectivity index (χ2n) is 13.4. The third-order valence-electron chi connectivity index (χ3n) is 11.2. The summed E-state index contributed by atoms with van der Waals surface area (Å²) in [7, 11) is 0. The number of phenols is 1. The van der Waals surface area contributed by atoms with Gasteiger partial charge in [0.15, 0.2) is 17.0 Å². The lowest BCUT2D eigenvalue weighted by molar-refractivity contribution is -0.440. The number of rotatable bonds is 4. The summed E-state index contributed by atoms with van der Waals surface area (Å²) in [6.45, 7) is 11.2. The molecule has 2 aromatic carbocycles. The van der Waals surface area contributed by atoms with Crippen molar-refractivity contribution in [2.24, 2.45) is 17.8 Å². The van der Waals surface area contributed by atoms with E-state index in [4.69, 9.17) is 23.7 Å². The van der Waals surface area contributed by atoms with Crippen LogP contribution in [0.5, 0.6) is 5.75 Å². The Bertz CT molecular complexity index is 1650. The number of ketones is 1. The number of hydrogen-bond donors (Lipinski definition) is 3. The number of epoxide rings is 1. The molecule has 2 saturated carbocycles. The van der Waals surface area contributed by atoms with Gasteiger partial charge < -0.3 is 39.0 Å². The van der Waals surface area contributed by atoms with Crippen molar-refractivity contribution in [2.45, 2.75) is 80.5 Å². The summed E-state index contributed by atoms with van der Waals surface area (Å²) in [4.78, 5) is 27.5. The molecule has 0 radical (unpaired) electrons. The summed E-state index contributed by atoms with van der Waals surface area (Å²) in [5.41, 5.74) is -4.99. The molecule has 12 unspecified atom stereocenters. The zero-order valence-corrected chi connectivity index (χ0v) is 24.7. The minimum absolute atomic E-state index is 0.00354. The van der Waals surface area contributed by atoms with Crippen LogP contribution in [0.2, 0.25) is 0 Å². The Morgan fingerprint density at radius 2 is 1.70 bits per heavy atom. The highest BCUT2D eigenvalue weighted by Gasteiger charge is 2.90. The average Bonchev–Trinajstić information content (AvgIpc) is 3.55. The van der Waals surface area contributed by atoms with E-state index in [2.05, 4.69) is 6.58 Å². The zero-order chi connectivity index (χ0) is 31.2. The maximum Gasteiger partial charge on any atom is 0.338 e. The van der Waals surface area contributed by atoms with Gasteiger partial charge in [-0.15, -0.1) is 0 Å². The quantitative estimate of drug-likeness (QED) is 0.272. The van der Waals surface area contributed by atoms with Crippen molar-refractivity contribution in [1.82, 2.24) is 0 Å². The van der Waals surface area contributed by atoms with Crippen molar-refractivity contribution in [2.75, 3.05) is 0 Å². The molecular formula is C34H34O10. The van der Waals surface area contributed by atoms with Crippen molar-refractivity contribution in [3.63, 3.8) is 0 Å². The molecule has 230 valence electrons. The molecule has 2 aromatic rings. The number of aliphatic hydroxyl groups is 2. The molecule has 0 spiro atoms. The highest BCUT2D eigenvalue weighted by Crippen LogP contribution is 2.74. The van der Waals surface area contributed by atoms with Crippen molar-refractivity contribution >= 4 is 11.8 Å². The van der Waals surface area contributed by atoms with E-state index in [1.165, 1.54) is 24.3 Å². The number of ether oxygens (including phenoxy) is 5. The zero-order valence-electron chi connectivity index (χ0n) is 24.7. The standard InChI is InChI=1S/C34H34O10/c1-16(2)32-25(40-28(37)19-11-13-21(35)14-12-19)18(4)33-22-15-17(3)24(36)31(22,39)29(38)30(5)26(41-30)23(33)27(32)42-34(43-32,44-33)20-9-7-6-8-10-20/h6-15,18,22-23,25-27,29,35,38-39H,1H2,2-5H3. The lowest BCUT2D eigenvalue weighted by Crippen LogP contribution is -2.76. The fourth-order valence-corrected chi connectivity index (χ4v) is 9.03. The minimum atomic E-state index is -2.29. The van der Waals surface area contributed by atoms with E-state index in [0.29, 0.717) is 11.1 Å². The van der Waals surface area contributed by atoms with Crippen LogP contribution in [0.15, 0.2) is 78.4 Å². The van der Waals surface area contributed by atoms with Gasteiger partial charge >= 0.3 is 11.9 Å². The Kier molecular flexibility index (Phi) is 5.40. The molecule has 6 aliphatic rings. The summed E-state index contributed by atoms with van der Waals surface area (Å²) in [5, 5.41) is 33.9. The predicted octanol–water partition coefficient (Wildman–Crippen LogP) is 2.90. The largest absolute Gasteiger partial charge is 0.508 e. The molecule has 12 atom stereocenters. The molecule has 3 aliphatic heterocycles. The van der Waals surface area contributed by atoms with Crippen LogP contribution in [0.1, 0.15) is 43.6 Å². The number of Topliss-reactive ketones (excluding diaryl/α,β-unsaturated/α-hetero) is 1. The number of benzene rings is 2. The topological polar surface area (TPSA) is 144 Å². The highest BCUT2D eigenvalue weighted by atomic mass is 16.9. The van der Waals surface area contributed by atoms with Gasteiger partial charge in [0, 0.05) is 23.3 Å². The van der Waals surface area contributed by atoms with Crippen molar-refractivity contribution in [3.05, 3.63) is 89.5 Å². The van der Waals surface area contributed by atoms with Gasteiger partial charge in [-0.05, 0) is 56.2 Å².